The number of hydrogen-bond donors (Lipinski definition) is 3. The molecule has 0 aromatic heterocycles. The minimum absolute atomic E-state index is 0.0343. The summed E-state index contributed by atoms with van der Waals surface area (Å²) < 4.78 is 5.34. The molecule has 1 aliphatic heterocycles. The number of esters is 1. The van der Waals surface area contributed by atoms with Crippen molar-refractivity contribution in [2.45, 2.75) is 97.3 Å². The maximum atomic E-state index is 12.3. The Hall–Kier alpha value is -3.35. The van der Waals surface area contributed by atoms with Crippen LogP contribution in [-0.4, -0.2) is 34.7 Å². The quantitative estimate of drug-likeness (QED) is 0.114. The van der Waals surface area contributed by atoms with Gasteiger partial charge < -0.3 is 20.3 Å². The van der Waals surface area contributed by atoms with E-state index in [1.807, 2.05) is 0 Å². The number of carboxylic acids is 2. The molecule has 2 rings (SSSR count). The van der Waals surface area contributed by atoms with E-state index in [4.69, 9.17) is 4.74 Å². The molecule has 38 heavy (non-hydrogen) atoms. The third-order valence-corrected chi connectivity index (χ3v) is 6.92. The number of carbonyl (C=O) groups excluding carboxylic acids is 1. The monoisotopic (exact) mass is 525 g/mol. The summed E-state index contributed by atoms with van der Waals surface area (Å²) >= 11 is 0. The highest BCUT2D eigenvalue weighted by molar-refractivity contribution is 5.99. The summed E-state index contributed by atoms with van der Waals surface area (Å²) in [7, 11) is 0. The Morgan fingerprint density at radius 1 is 0.816 bits per heavy atom. The molecule has 1 aromatic carbocycles. The van der Waals surface area contributed by atoms with Gasteiger partial charge in [-0.3, -0.25) is 0 Å². The number of aliphatic carboxylic acids is 2. The Labute approximate surface area is 226 Å². The molecule has 0 unspecified atom stereocenters. The maximum absolute atomic E-state index is 12.3. The molecular weight excluding hydrogens is 482 g/mol. The van der Waals surface area contributed by atoms with Crippen molar-refractivity contribution in [2.75, 3.05) is 6.61 Å². The Morgan fingerprint density at radius 3 is 1.84 bits per heavy atom. The van der Waals surface area contributed by atoms with Gasteiger partial charge in [-0.05, 0) is 37.5 Å². The number of ether oxygens (including phenoxy) is 1. The molecular formula is C31H43NO6. The molecule has 7 nitrogen and oxygen atoms in total. The van der Waals surface area contributed by atoms with E-state index in [9.17, 15) is 24.6 Å². The zero-order chi connectivity index (χ0) is 27.9. The van der Waals surface area contributed by atoms with Crippen LogP contribution in [0, 0.1) is 0 Å². The lowest BCUT2D eigenvalue weighted by Crippen LogP contribution is -2.31. The van der Waals surface area contributed by atoms with Crippen LogP contribution >= 0.6 is 0 Å². The Bertz CT molecular complexity index is 1020. The summed E-state index contributed by atoms with van der Waals surface area (Å²) in [6.45, 7) is 5.81. The van der Waals surface area contributed by atoms with Gasteiger partial charge in [0.2, 0.25) is 0 Å². The first-order chi connectivity index (χ1) is 18.3. The first kappa shape index (κ1) is 30.9. The van der Waals surface area contributed by atoms with Crippen molar-refractivity contribution < 1.29 is 29.3 Å². The maximum Gasteiger partial charge on any atom is 0.334 e. The van der Waals surface area contributed by atoms with Gasteiger partial charge in [0.15, 0.2) is 0 Å². The number of unbranched alkanes of at least 4 members (excludes halogenated alkanes) is 10. The van der Waals surface area contributed by atoms with E-state index in [1.54, 1.807) is 44.2 Å². The van der Waals surface area contributed by atoms with E-state index in [1.165, 1.54) is 57.4 Å². The predicted molar refractivity (Wildman–Crippen MR) is 149 cm³/mol. The van der Waals surface area contributed by atoms with Gasteiger partial charge >= 0.3 is 17.9 Å². The summed E-state index contributed by atoms with van der Waals surface area (Å²) in [6.07, 6.45) is 16.3. The number of allylic oxidation sites excluding steroid dienone is 2. The molecule has 0 amide bonds. The van der Waals surface area contributed by atoms with Gasteiger partial charge in [-0.1, -0.05) is 95.4 Å². The van der Waals surface area contributed by atoms with Crippen LogP contribution in [0.25, 0.3) is 6.08 Å². The van der Waals surface area contributed by atoms with Crippen molar-refractivity contribution in [1.82, 2.24) is 5.32 Å². The number of carboxylic acid groups (broad SMARTS) is 2. The normalized spacial score (nSPS) is 14.2. The van der Waals surface area contributed by atoms with Crippen LogP contribution in [0.4, 0.5) is 0 Å². The second-order valence-corrected chi connectivity index (χ2v) is 9.91. The molecule has 0 fully saturated rings. The van der Waals surface area contributed by atoms with E-state index in [0.717, 1.165) is 19.3 Å². The van der Waals surface area contributed by atoms with Crippen LogP contribution in [0.5, 0.6) is 0 Å². The first-order valence-electron chi connectivity index (χ1n) is 13.9. The molecule has 3 N–H and O–H groups in total. The second kappa shape index (κ2) is 16.5. The van der Waals surface area contributed by atoms with Crippen LogP contribution < -0.4 is 5.32 Å². The number of carbonyl (C=O) groups is 3. The fraction of sp³-hybridized carbons (Fsp3) is 0.516. The molecule has 208 valence electrons. The van der Waals surface area contributed by atoms with Crippen molar-refractivity contribution in [3.8, 4) is 0 Å². The van der Waals surface area contributed by atoms with Gasteiger partial charge in [0.05, 0.1) is 23.7 Å². The summed E-state index contributed by atoms with van der Waals surface area (Å²) in [5, 5.41) is 22.6. The lowest BCUT2D eigenvalue weighted by atomic mass is 9.78. The number of benzene rings is 1. The molecule has 0 radical (unpaired) electrons. The van der Waals surface area contributed by atoms with E-state index in [2.05, 4.69) is 12.2 Å². The largest absolute Gasteiger partial charge is 0.478 e. The van der Waals surface area contributed by atoms with Gasteiger partial charge in [0, 0.05) is 17.5 Å². The second-order valence-electron chi connectivity index (χ2n) is 9.91. The van der Waals surface area contributed by atoms with E-state index in [-0.39, 0.29) is 11.1 Å². The van der Waals surface area contributed by atoms with Gasteiger partial charge in [-0.2, -0.15) is 0 Å². The third-order valence-electron chi connectivity index (χ3n) is 6.92. The zero-order valence-corrected chi connectivity index (χ0v) is 23.1. The standard InChI is InChI=1S/C31H43NO6/c1-4-5-6-7-8-9-10-11-12-13-16-21-38-26(33)20-19-24-17-14-15-18-25(24)29-27(30(34)35)22(2)32-23(3)28(29)31(36)37/h14-15,17-20,29,32H,4-13,16,21H2,1-3H3,(H,34,35)(H,36,37)/b20-19+. The molecule has 0 saturated carbocycles. The van der Waals surface area contributed by atoms with Crippen molar-refractivity contribution >= 4 is 24.0 Å². The van der Waals surface area contributed by atoms with Gasteiger partial charge in [-0.15, -0.1) is 0 Å². The predicted octanol–water partition coefficient (Wildman–Crippen LogP) is 6.96. The third kappa shape index (κ3) is 9.51. The average molecular weight is 526 g/mol. The van der Waals surface area contributed by atoms with E-state index >= 15 is 0 Å². The summed E-state index contributed by atoms with van der Waals surface area (Å²) in [5.74, 6) is -3.86. The highest BCUT2D eigenvalue weighted by Gasteiger charge is 2.37. The fourth-order valence-electron chi connectivity index (χ4n) is 4.94. The highest BCUT2D eigenvalue weighted by Crippen LogP contribution is 2.40. The van der Waals surface area contributed by atoms with Crippen molar-refractivity contribution in [2.24, 2.45) is 0 Å². The van der Waals surface area contributed by atoms with Crippen LogP contribution in [0.15, 0.2) is 52.9 Å². The summed E-state index contributed by atoms with van der Waals surface area (Å²) in [4.78, 5) is 36.5. The lowest BCUT2D eigenvalue weighted by Gasteiger charge is -2.29. The molecule has 0 bridgehead atoms. The fourth-order valence-corrected chi connectivity index (χ4v) is 4.94. The Balaban J connectivity index is 1.92. The van der Waals surface area contributed by atoms with Crippen LogP contribution in [0.1, 0.15) is 108 Å². The summed E-state index contributed by atoms with van der Waals surface area (Å²) in [6, 6.07) is 6.91. The Morgan fingerprint density at radius 2 is 1.32 bits per heavy atom. The highest BCUT2D eigenvalue weighted by atomic mass is 16.5. The van der Waals surface area contributed by atoms with Gasteiger partial charge in [-0.25, -0.2) is 14.4 Å². The van der Waals surface area contributed by atoms with Crippen molar-refractivity contribution in [1.29, 1.82) is 0 Å². The molecule has 0 atom stereocenters. The minimum Gasteiger partial charge on any atom is -0.478 e. The number of rotatable bonds is 17. The van der Waals surface area contributed by atoms with Crippen LogP contribution in [0.2, 0.25) is 0 Å². The van der Waals surface area contributed by atoms with Gasteiger partial charge in [0.25, 0.3) is 0 Å². The molecule has 1 aromatic rings. The lowest BCUT2D eigenvalue weighted by molar-refractivity contribution is -0.138. The smallest absolute Gasteiger partial charge is 0.334 e. The molecule has 7 heteroatoms. The van der Waals surface area contributed by atoms with Crippen molar-refractivity contribution in [3.63, 3.8) is 0 Å². The van der Waals surface area contributed by atoms with Crippen LogP contribution in [-0.2, 0) is 19.1 Å². The first-order valence-corrected chi connectivity index (χ1v) is 13.9. The summed E-state index contributed by atoms with van der Waals surface area (Å²) in [5.41, 5.74) is 1.76. The van der Waals surface area contributed by atoms with E-state index in [0.29, 0.717) is 29.1 Å². The molecule has 1 heterocycles. The molecule has 0 aliphatic carbocycles. The molecule has 0 spiro atoms. The van der Waals surface area contributed by atoms with E-state index < -0.39 is 23.8 Å². The van der Waals surface area contributed by atoms with Gasteiger partial charge in [0.1, 0.15) is 0 Å². The van der Waals surface area contributed by atoms with Crippen LogP contribution in [0.3, 0.4) is 0 Å². The Kier molecular flexibility index (Phi) is 13.4. The number of dihydropyridines is 1. The zero-order valence-electron chi connectivity index (χ0n) is 23.1. The molecule has 0 saturated heterocycles. The minimum atomic E-state index is -1.20. The number of hydrogen-bond acceptors (Lipinski definition) is 5. The average Bonchev–Trinajstić information content (AvgIpc) is 2.87. The number of nitrogens with one attached hydrogen (secondary N) is 1. The topological polar surface area (TPSA) is 113 Å². The van der Waals surface area contributed by atoms with Crippen molar-refractivity contribution in [3.05, 3.63) is 64.0 Å². The molecule has 1 aliphatic rings. The SMILES string of the molecule is CCCCCCCCCCCCCOC(=O)/C=C/c1ccccc1C1C(C(=O)O)=C(C)NC(C)=C1C(=O)O.